The molecule has 1 fully saturated rings. The summed E-state index contributed by atoms with van der Waals surface area (Å²) in [6.45, 7) is 6.83. The molecule has 2 rings (SSSR count). The van der Waals surface area contributed by atoms with Crippen molar-refractivity contribution in [1.82, 2.24) is 0 Å². The van der Waals surface area contributed by atoms with E-state index in [0.717, 1.165) is 6.42 Å². The number of halogens is 1. The molecule has 21 heavy (non-hydrogen) atoms. The van der Waals surface area contributed by atoms with Gasteiger partial charge in [-0.25, -0.2) is 4.79 Å². The molecule has 0 heterocycles. The molecule has 2 atom stereocenters. The van der Waals surface area contributed by atoms with Crippen LogP contribution in [-0.4, -0.2) is 29.8 Å². The highest BCUT2D eigenvalue weighted by Crippen LogP contribution is 2.45. The first-order valence-electron chi connectivity index (χ1n) is 6.97. The maximum absolute atomic E-state index is 11.4. The molecule has 1 aromatic rings. The van der Waals surface area contributed by atoms with Gasteiger partial charge in [0.15, 0.2) is 0 Å². The molecule has 6 heteroatoms. The number of nitrogens with two attached hydrogens (primary N) is 1. The number of benzene rings is 1. The molecule has 5 nitrogen and oxygen atoms in total. The van der Waals surface area contributed by atoms with Crippen LogP contribution in [0.4, 0.5) is 11.4 Å². The van der Waals surface area contributed by atoms with Crippen molar-refractivity contribution in [2.24, 2.45) is 5.41 Å². The number of ether oxygens (including phenoxy) is 1. The Bertz CT molecular complexity index is 560. The first-order chi connectivity index (χ1) is 9.77. The Morgan fingerprint density at radius 3 is 2.76 bits per heavy atom. The minimum atomic E-state index is -1.05. The normalized spacial score (nSPS) is 23.4. The average molecular weight is 313 g/mol. The largest absolute Gasteiger partial charge is 0.478 e. The number of nitrogens with one attached hydrogen (secondary N) is 1. The fraction of sp³-hybridized carbons (Fsp3) is 0.533. The molecule has 1 saturated carbocycles. The molecule has 0 bridgehead atoms. The van der Waals surface area contributed by atoms with E-state index >= 15 is 0 Å². The Balaban J connectivity index is 2.23. The van der Waals surface area contributed by atoms with E-state index in [2.05, 4.69) is 19.2 Å². The Morgan fingerprint density at radius 1 is 1.57 bits per heavy atom. The molecule has 0 radical (unpaired) electrons. The molecule has 116 valence electrons. The van der Waals surface area contributed by atoms with E-state index in [9.17, 15) is 9.90 Å². The highest BCUT2D eigenvalue weighted by molar-refractivity contribution is 6.34. The molecule has 1 aliphatic carbocycles. The Kier molecular flexibility index (Phi) is 4.35. The highest BCUT2D eigenvalue weighted by Gasteiger charge is 2.49. The van der Waals surface area contributed by atoms with Gasteiger partial charge in [0.05, 0.1) is 22.4 Å². The van der Waals surface area contributed by atoms with Gasteiger partial charge in [-0.3, -0.25) is 0 Å². The Hall–Kier alpha value is -1.46. The summed E-state index contributed by atoms with van der Waals surface area (Å²) < 4.78 is 5.68. The predicted molar refractivity (Wildman–Crippen MR) is 84.0 cm³/mol. The molecular weight excluding hydrogens is 292 g/mol. The van der Waals surface area contributed by atoms with Gasteiger partial charge in [0, 0.05) is 23.8 Å². The van der Waals surface area contributed by atoms with Gasteiger partial charge in [-0.05, 0) is 25.5 Å². The highest BCUT2D eigenvalue weighted by atomic mass is 35.5. The van der Waals surface area contributed by atoms with Crippen LogP contribution in [-0.2, 0) is 4.74 Å². The van der Waals surface area contributed by atoms with Gasteiger partial charge in [-0.15, -0.1) is 0 Å². The Morgan fingerprint density at radius 2 is 2.24 bits per heavy atom. The molecule has 0 amide bonds. The van der Waals surface area contributed by atoms with Crippen LogP contribution in [0.5, 0.6) is 0 Å². The molecule has 0 aromatic heterocycles. The molecule has 0 saturated heterocycles. The van der Waals surface area contributed by atoms with Crippen LogP contribution in [0.1, 0.15) is 37.6 Å². The SMILES string of the molecule is CCOC1CC(Nc2c(Cl)cc(N)cc2C(=O)O)C1(C)C. The number of aromatic carboxylic acids is 1. The van der Waals surface area contributed by atoms with Gasteiger partial charge >= 0.3 is 5.97 Å². The molecule has 1 aromatic carbocycles. The molecule has 1 aliphatic rings. The fourth-order valence-electron chi connectivity index (χ4n) is 2.73. The lowest BCUT2D eigenvalue weighted by atomic mass is 9.64. The van der Waals surface area contributed by atoms with Gasteiger partial charge in [-0.1, -0.05) is 25.4 Å². The van der Waals surface area contributed by atoms with Crippen LogP contribution in [0.2, 0.25) is 5.02 Å². The monoisotopic (exact) mass is 312 g/mol. The van der Waals surface area contributed by atoms with E-state index in [1.165, 1.54) is 6.07 Å². The van der Waals surface area contributed by atoms with Crippen molar-refractivity contribution in [2.75, 3.05) is 17.7 Å². The lowest BCUT2D eigenvalue weighted by Gasteiger charge is -2.52. The fourth-order valence-corrected chi connectivity index (χ4v) is 3.01. The number of rotatable bonds is 5. The summed E-state index contributed by atoms with van der Waals surface area (Å²) in [6, 6.07) is 3.08. The van der Waals surface area contributed by atoms with Crippen LogP contribution < -0.4 is 11.1 Å². The number of hydrogen-bond donors (Lipinski definition) is 3. The third-order valence-corrected chi connectivity index (χ3v) is 4.51. The third kappa shape index (κ3) is 2.94. The van der Waals surface area contributed by atoms with Crippen LogP contribution >= 0.6 is 11.6 Å². The molecule has 0 aliphatic heterocycles. The zero-order valence-corrected chi connectivity index (χ0v) is 13.2. The first-order valence-corrected chi connectivity index (χ1v) is 7.35. The second kappa shape index (κ2) is 5.73. The summed E-state index contributed by atoms with van der Waals surface area (Å²) >= 11 is 6.16. The van der Waals surface area contributed by atoms with E-state index in [0.29, 0.717) is 23.0 Å². The van der Waals surface area contributed by atoms with E-state index in [4.69, 9.17) is 22.1 Å². The maximum atomic E-state index is 11.4. The van der Waals surface area contributed by atoms with Gasteiger partial charge < -0.3 is 20.9 Å². The summed E-state index contributed by atoms with van der Waals surface area (Å²) in [7, 11) is 0. The average Bonchev–Trinajstić information content (AvgIpc) is 2.39. The van der Waals surface area contributed by atoms with Gasteiger partial charge in [-0.2, -0.15) is 0 Å². The van der Waals surface area contributed by atoms with Crippen LogP contribution in [0.25, 0.3) is 0 Å². The zero-order chi connectivity index (χ0) is 15.8. The summed E-state index contributed by atoms with van der Waals surface area (Å²) in [4.78, 5) is 11.4. The van der Waals surface area contributed by atoms with Gasteiger partial charge in [0.25, 0.3) is 0 Å². The summed E-state index contributed by atoms with van der Waals surface area (Å²) in [5, 5.41) is 12.9. The van der Waals surface area contributed by atoms with Crippen molar-refractivity contribution in [3.8, 4) is 0 Å². The van der Waals surface area contributed by atoms with Crippen molar-refractivity contribution < 1.29 is 14.6 Å². The van der Waals surface area contributed by atoms with E-state index in [-0.39, 0.29) is 23.1 Å². The van der Waals surface area contributed by atoms with Gasteiger partial charge in [0.2, 0.25) is 0 Å². The number of carbonyl (C=O) groups is 1. The minimum absolute atomic E-state index is 0.0868. The summed E-state index contributed by atoms with van der Waals surface area (Å²) in [5.74, 6) is -1.05. The van der Waals surface area contributed by atoms with Crippen LogP contribution in [0, 0.1) is 5.41 Å². The predicted octanol–water partition coefficient (Wildman–Crippen LogP) is 3.24. The third-order valence-electron chi connectivity index (χ3n) is 4.21. The van der Waals surface area contributed by atoms with Crippen molar-refractivity contribution in [2.45, 2.75) is 39.3 Å². The lowest BCUT2D eigenvalue weighted by molar-refractivity contribution is -0.0976. The Labute approximate surface area is 129 Å². The van der Waals surface area contributed by atoms with E-state index in [1.54, 1.807) is 6.07 Å². The number of carboxylic acids is 1. The second-order valence-corrected chi connectivity index (χ2v) is 6.34. The minimum Gasteiger partial charge on any atom is -0.478 e. The zero-order valence-electron chi connectivity index (χ0n) is 12.4. The first kappa shape index (κ1) is 15.9. The van der Waals surface area contributed by atoms with Crippen LogP contribution in [0.15, 0.2) is 12.1 Å². The number of hydrogen-bond acceptors (Lipinski definition) is 4. The van der Waals surface area contributed by atoms with Crippen molar-refractivity contribution in [3.63, 3.8) is 0 Å². The van der Waals surface area contributed by atoms with E-state index < -0.39 is 5.97 Å². The number of carboxylic acid groups (broad SMARTS) is 1. The topological polar surface area (TPSA) is 84.6 Å². The van der Waals surface area contributed by atoms with Crippen LogP contribution in [0.3, 0.4) is 0 Å². The molecule has 2 unspecified atom stereocenters. The van der Waals surface area contributed by atoms with Crippen molar-refractivity contribution in [1.29, 1.82) is 0 Å². The quantitative estimate of drug-likeness (QED) is 0.727. The summed E-state index contributed by atoms with van der Waals surface area (Å²) in [6.07, 6.45) is 0.987. The molecule has 0 spiro atoms. The smallest absolute Gasteiger partial charge is 0.337 e. The van der Waals surface area contributed by atoms with E-state index in [1.807, 2.05) is 6.92 Å². The molecular formula is C15H21ClN2O3. The lowest BCUT2D eigenvalue weighted by Crippen LogP contribution is -2.58. The second-order valence-electron chi connectivity index (χ2n) is 5.93. The summed E-state index contributed by atoms with van der Waals surface area (Å²) in [5.41, 5.74) is 6.43. The number of nitrogen functional groups attached to an aromatic ring is 1. The number of anilines is 2. The van der Waals surface area contributed by atoms with Gasteiger partial charge in [0.1, 0.15) is 0 Å². The van der Waals surface area contributed by atoms with Crippen molar-refractivity contribution in [3.05, 3.63) is 22.7 Å². The maximum Gasteiger partial charge on any atom is 0.337 e. The van der Waals surface area contributed by atoms with Crippen molar-refractivity contribution >= 4 is 28.9 Å². The standard InChI is InChI=1S/C15H21ClN2O3/c1-4-21-12-7-11(15(12,2)3)18-13-9(14(19)20)5-8(17)6-10(13)16/h5-6,11-12,18H,4,7,17H2,1-3H3,(H,19,20). The molecule has 4 N–H and O–H groups in total.